The Morgan fingerprint density at radius 1 is 1.11 bits per heavy atom. The van der Waals surface area contributed by atoms with E-state index in [-0.39, 0.29) is 12.1 Å². The number of thioether (sulfide) groups is 1. The van der Waals surface area contributed by atoms with Crippen LogP contribution in [0.1, 0.15) is 40.2 Å². The summed E-state index contributed by atoms with van der Waals surface area (Å²) in [6.07, 6.45) is 3.87. The van der Waals surface area contributed by atoms with Crippen LogP contribution in [0.3, 0.4) is 0 Å². The molecular weight excluding hydrogens is 486 g/mol. The van der Waals surface area contributed by atoms with E-state index in [1.165, 1.54) is 43.0 Å². The van der Waals surface area contributed by atoms with Crippen LogP contribution in [0.2, 0.25) is 0 Å². The fraction of sp³-hybridized carbons (Fsp3) is 0.429. The van der Waals surface area contributed by atoms with E-state index < -0.39 is 0 Å². The summed E-state index contributed by atoms with van der Waals surface area (Å²) in [4.78, 5) is 28.1. The Hall–Kier alpha value is -3.17. The van der Waals surface area contributed by atoms with Gasteiger partial charge in [-0.1, -0.05) is 17.3 Å². The van der Waals surface area contributed by atoms with Crippen LogP contribution in [-0.4, -0.2) is 66.3 Å². The molecule has 0 spiro atoms. The number of ether oxygens (including phenoxy) is 1. The number of carbonyl (C=O) groups excluding carboxylic acids is 1. The lowest BCUT2D eigenvalue weighted by Crippen LogP contribution is -2.41. The summed E-state index contributed by atoms with van der Waals surface area (Å²) >= 11 is 2.05. The zero-order chi connectivity index (χ0) is 25.8. The van der Waals surface area contributed by atoms with Crippen LogP contribution < -0.4 is 9.64 Å². The molecule has 0 amide bonds. The van der Waals surface area contributed by atoms with Crippen LogP contribution >= 0.6 is 11.8 Å². The van der Waals surface area contributed by atoms with Crippen molar-refractivity contribution in [3.63, 3.8) is 0 Å². The van der Waals surface area contributed by atoms with Gasteiger partial charge in [0, 0.05) is 55.0 Å². The minimum Gasteiger partial charge on any atom is -0.497 e. The van der Waals surface area contributed by atoms with Crippen LogP contribution in [-0.2, 0) is 18.5 Å². The maximum Gasteiger partial charge on any atom is 0.168 e. The molecule has 1 aliphatic heterocycles. The van der Waals surface area contributed by atoms with Gasteiger partial charge in [0.25, 0.3) is 0 Å². The van der Waals surface area contributed by atoms with Crippen molar-refractivity contribution in [1.29, 1.82) is 0 Å². The van der Waals surface area contributed by atoms with Crippen molar-refractivity contribution in [2.24, 2.45) is 5.18 Å². The topological polar surface area (TPSA) is 80.0 Å². The summed E-state index contributed by atoms with van der Waals surface area (Å²) in [6.45, 7) is 2.95. The first-order valence-electron chi connectivity index (χ1n) is 12.7. The summed E-state index contributed by atoms with van der Waals surface area (Å²) < 4.78 is 6.82. The number of methoxy groups -OCH3 is 1. The monoisotopic (exact) mass is 519 g/mol. The van der Waals surface area contributed by atoms with Crippen molar-refractivity contribution in [2.45, 2.75) is 31.3 Å². The number of hydrogen-bond donors (Lipinski definition) is 0. The minimum absolute atomic E-state index is 0.0746. The lowest BCUT2D eigenvalue weighted by atomic mass is 10.0. The highest BCUT2D eigenvalue weighted by Gasteiger charge is 2.49. The average molecular weight is 520 g/mol. The Balaban J connectivity index is 1.31. The molecule has 0 radical (unpaired) electrons. The second kappa shape index (κ2) is 11.1. The molecule has 9 heteroatoms. The van der Waals surface area contributed by atoms with Gasteiger partial charge in [-0.25, -0.2) is 4.68 Å². The van der Waals surface area contributed by atoms with E-state index in [0.717, 1.165) is 23.2 Å². The highest BCUT2D eigenvalue weighted by molar-refractivity contribution is 7.99. The maximum absolute atomic E-state index is 12.1. The molecule has 5 rings (SSSR count). The Bertz CT molecular complexity index is 1230. The number of carbonyl (C=O) groups is 1. The number of nitroso groups, excluding NO2 is 1. The van der Waals surface area contributed by atoms with E-state index in [0.29, 0.717) is 30.1 Å². The van der Waals surface area contributed by atoms with Crippen molar-refractivity contribution in [1.82, 2.24) is 14.7 Å². The molecule has 194 valence electrons. The van der Waals surface area contributed by atoms with Gasteiger partial charge in [-0.05, 0) is 61.2 Å². The van der Waals surface area contributed by atoms with E-state index >= 15 is 0 Å². The average Bonchev–Trinajstić information content (AvgIpc) is 3.69. The zero-order valence-corrected chi connectivity index (χ0v) is 22.2. The summed E-state index contributed by atoms with van der Waals surface area (Å²) in [5, 5.41) is 7.62. The molecular formula is C28H33N5O3S. The lowest BCUT2D eigenvalue weighted by molar-refractivity contribution is 0.111. The predicted octanol–water partition coefficient (Wildman–Crippen LogP) is 4.68. The van der Waals surface area contributed by atoms with Crippen LogP contribution in [0.4, 0.5) is 5.69 Å². The second-order valence-electron chi connectivity index (χ2n) is 9.67. The van der Waals surface area contributed by atoms with Crippen molar-refractivity contribution in [3.8, 4) is 11.4 Å². The third-order valence-electron chi connectivity index (χ3n) is 7.63. The SMILES string of the molecule is COc1ccc(-n2nc(CN=O)c(CCN(C)c3ccc(C4(N5CCSCC5)CC4)cc3)c2C=O)cc1. The first kappa shape index (κ1) is 25.5. The molecule has 2 aliphatic rings. The molecule has 8 nitrogen and oxygen atoms in total. The number of aromatic nitrogens is 2. The van der Waals surface area contributed by atoms with Gasteiger partial charge in [-0.2, -0.15) is 21.8 Å². The highest BCUT2D eigenvalue weighted by atomic mass is 32.2. The summed E-state index contributed by atoms with van der Waals surface area (Å²) in [5.74, 6) is 3.16. The van der Waals surface area contributed by atoms with Gasteiger partial charge < -0.3 is 9.64 Å². The van der Waals surface area contributed by atoms with Crippen molar-refractivity contribution in [3.05, 3.63) is 76.0 Å². The van der Waals surface area contributed by atoms with Gasteiger partial charge in [0.15, 0.2) is 6.29 Å². The van der Waals surface area contributed by atoms with Crippen LogP contribution in [0.25, 0.3) is 5.69 Å². The summed E-state index contributed by atoms with van der Waals surface area (Å²) in [5.41, 5.74) is 5.25. The van der Waals surface area contributed by atoms with Gasteiger partial charge in [0.1, 0.15) is 18.0 Å². The normalized spacial score (nSPS) is 16.8. The van der Waals surface area contributed by atoms with Gasteiger partial charge >= 0.3 is 0 Å². The van der Waals surface area contributed by atoms with Gasteiger partial charge in [0.05, 0.1) is 18.5 Å². The van der Waals surface area contributed by atoms with Gasteiger partial charge in [-0.15, -0.1) is 0 Å². The number of nitrogens with zero attached hydrogens (tertiary/aromatic N) is 5. The Kier molecular flexibility index (Phi) is 7.62. The maximum atomic E-state index is 12.1. The van der Waals surface area contributed by atoms with Gasteiger partial charge in [0.2, 0.25) is 0 Å². The van der Waals surface area contributed by atoms with Crippen LogP contribution in [0, 0.1) is 4.91 Å². The molecule has 1 saturated heterocycles. The molecule has 1 aromatic heterocycles. The van der Waals surface area contributed by atoms with E-state index in [9.17, 15) is 9.70 Å². The number of benzene rings is 2. The number of hydrogen-bond acceptors (Lipinski definition) is 8. The first-order chi connectivity index (χ1) is 18.1. The number of aldehydes is 1. The van der Waals surface area contributed by atoms with Crippen molar-refractivity contribution < 1.29 is 9.53 Å². The number of rotatable bonds is 11. The molecule has 0 N–H and O–H groups in total. The van der Waals surface area contributed by atoms with E-state index in [1.54, 1.807) is 11.8 Å². The summed E-state index contributed by atoms with van der Waals surface area (Å²) in [7, 11) is 3.66. The Morgan fingerprint density at radius 3 is 2.41 bits per heavy atom. The molecule has 0 bridgehead atoms. The molecule has 1 aliphatic carbocycles. The molecule has 0 unspecified atom stereocenters. The third kappa shape index (κ3) is 5.15. The molecule has 2 aromatic carbocycles. The third-order valence-corrected chi connectivity index (χ3v) is 8.57. The molecule has 2 fully saturated rings. The van der Waals surface area contributed by atoms with E-state index in [1.807, 2.05) is 24.3 Å². The second-order valence-corrected chi connectivity index (χ2v) is 10.9. The van der Waals surface area contributed by atoms with Crippen molar-refractivity contribution in [2.75, 3.05) is 50.2 Å². The summed E-state index contributed by atoms with van der Waals surface area (Å²) in [6, 6.07) is 16.3. The Morgan fingerprint density at radius 2 is 1.81 bits per heavy atom. The van der Waals surface area contributed by atoms with E-state index in [4.69, 9.17) is 4.74 Å². The first-order valence-corrected chi connectivity index (χ1v) is 13.9. The quantitative estimate of drug-likeness (QED) is 0.269. The standard InChI is InChI=1S/C28H33N5O3S/c1-31(22-5-3-21(4-6-22)28(12-13-28)32-15-17-37-18-16-32)14-11-25-26(19-29-35)30-33(27(25)20-34)23-7-9-24(36-2)10-8-23/h3-10,20H,11-19H2,1-2H3. The molecule has 2 heterocycles. The molecule has 1 saturated carbocycles. The fourth-order valence-corrected chi connectivity index (χ4v) is 6.25. The lowest BCUT2D eigenvalue weighted by Gasteiger charge is -2.35. The largest absolute Gasteiger partial charge is 0.497 e. The Labute approximate surface area is 221 Å². The molecule has 3 aromatic rings. The number of anilines is 1. The minimum atomic E-state index is -0.0746. The smallest absolute Gasteiger partial charge is 0.168 e. The fourth-order valence-electron chi connectivity index (χ4n) is 5.34. The number of likely N-dealkylation sites (N-methyl/N-ethyl adjacent to an activating group) is 1. The van der Waals surface area contributed by atoms with Crippen molar-refractivity contribution >= 4 is 23.7 Å². The van der Waals surface area contributed by atoms with Gasteiger partial charge in [-0.3, -0.25) is 9.69 Å². The van der Waals surface area contributed by atoms with E-state index in [2.05, 4.69) is 63.2 Å². The van der Waals surface area contributed by atoms with Crippen LogP contribution in [0.15, 0.2) is 53.7 Å². The molecule has 37 heavy (non-hydrogen) atoms. The predicted molar refractivity (Wildman–Crippen MR) is 148 cm³/mol. The molecule has 0 atom stereocenters. The van der Waals surface area contributed by atoms with Crippen LogP contribution in [0.5, 0.6) is 5.75 Å². The zero-order valence-electron chi connectivity index (χ0n) is 21.4. The highest BCUT2D eigenvalue weighted by Crippen LogP contribution is 2.51.